The minimum Gasteiger partial charge on any atom is -0.475 e. The van der Waals surface area contributed by atoms with E-state index in [9.17, 15) is 14.0 Å². The number of halogens is 1. The number of hydrogen-bond donors (Lipinski definition) is 1. The maximum absolute atomic E-state index is 13.5. The van der Waals surface area contributed by atoms with Crippen LogP contribution in [-0.2, 0) is 11.2 Å². The van der Waals surface area contributed by atoms with Gasteiger partial charge in [-0.15, -0.1) is 0 Å². The molecule has 0 aliphatic rings. The highest BCUT2D eigenvalue weighted by Gasteiger charge is 2.23. The molecule has 0 atom stereocenters. The minimum absolute atomic E-state index is 0.0161. The summed E-state index contributed by atoms with van der Waals surface area (Å²) in [5, 5.41) is 8.61. The third kappa shape index (κ3) is 3.15. The second-order valence-electron chi connectivity index (χ2n) is 4.19. The number of aliphatic carboxylic acids is 1. The zero-order chi connectivity index (χ0) is 12.3. The number of hydrogen-bond acceptors (Lipinski definition) is 2. The highest BCUT2D eigenvalue weighted by molar-refractivity contribution is 6.40. The van der Waals surface area contributed by atoms with Gasteiger partial charge in [0.1, 0.15) is 5.67 Å². The second kappa shape index (κ2) is 4.43. The third-order valence-electron chi connectivity index (χ3n) is 2.07. The fourth-order valence-corrected chi connectivity index (χ4v) is 1.46. The van der Waals surface area contributed by atoms with Gasteiger partial charge < -0.3 is 5.11 Å². The van der Waals surface area contributed by atoms with Crippen molar-refractivity contribution in [2.24, 2.45) is 0 Å². The van der Waals surface area contributed by atoms with Gasteiger partial charge in [-0.2, -0.15) is 0 Å². The van der Waals surface area contributed by atoms with Crippen molar-refractivity contribution >= 4 is 11.8 Å². The fraction of sp³-hybridized carbons (Fsp3) is 0.333. The van der Waals surface area contributed by atoms with Gasteiger partial charge in [0.2, 0.25) is 0 Å². The summed E-state index contributed by atoms with van der Waals surface area (Å²) in [5.74, 6) is -2.52. The smallest absolute Gasteiger partial charge is 0.377 e. The molecule has 0 spiro atoms. The molecule has 86 valence electrons. The standard InChI is InChI=1S/C12H13FO3/c1-12(2,13)7-8-5-3-4-6-9(8)10(14)11(15)16/h3-6H,7H2,1-2H3,(H,15,16). The Balaban J connectivity index is 3.10. The highest BCUT2D eigenvalue weighted by Crippen LogP contribution is 2.20. The molecule has 0 aliphatic heterocycles. The molecule has 0 fully saturated rings. The van der Waals surface area contributed by atoms with Crippen LogP contribution in [0, 0.1) is 0 Å². The lowest BCUT2D eigenvalue weighted by Crippen LogP contribution is -2.20. The molecule has 0 heterocycles. The SMILES string of the molecule is CC(C)(F)Cc1ccccc1C(=O)C(=O)O. The average molecular weight is 224 g/mol. The van der Waals surface area contributed by atoms with E-state index in [-0.39, 0.29) is 12.0 Å². The van der Waals surface area contributed by atoms with Crippen LogP contribution in [0.15, 0.2) is 24.3 Å². The van der Waals surface area contributed by atoms with Crippen LogP contribution < -0.4 is 0 Å². The predicted molar refractivity (Wildman–Crippen MR) is 57.3 cm³/mol. The van der Waals surface area contributed by atoms with Crippen molar-refractivity contribution in [3.63, 3.8) is 0 Å². The van der Waals surface area contributed by atoms with Gasteiger partial charge >= 0.3 is 5.97 Å². The molecule has 0 radical (unpaired) electrons. The average Bonchev–Trinajstić information content (AvgIpc) is 2.15. The fourth-order valence-electron chi connectivity index (χ4n) is 1.46. The molecule has 0 unspecified atom stereocenters. The van der Waals surface area contributed by atoms with E-state index in [1.54, 1.807) is 18.2 Å². The molecule has 0 amide bonds. The molecule has 0 aliphatic carbocycles. The number of benzene rings is 1. The summed E-state index contributed by atoms with van der Waals surface area (Å²) in [5.41, 5.74) is -1.00. The van der Waals surface area contributed by atoms with Crippen LogP contribution in [0.3, 0.4) is 0 Å². The molecule has 1 N–H and O–H groups in total. The molecule has 0 saturated heterocycles. The first-order chi connectivity index (χ1) is 7.31. The predicted octanol–water partition coefficient (Wildman–Crippen LogP) is 2.24. The van der Waals surface area contributed by atoms with Crippen LogP contribution in [0.5, 0.6) is 0 Å². The second-order valence-corrected chi connectivity index (χ2v) is 4.19. The molecule has 0 aromatic heterocycles. The van der Waals surface area contributed by atoms with Crippen LogP contribution in [-0.4, -0.2) is 22.5 Å². The normalized spacial score (nSPS) is 11.2. The van der Waals surface area contributed by atoms with Crippen LogP contribution in [0.1, 0.15) is 29.8 Å². The van der Waals surface area contributed by atoms with E-state index in [4.69, 9.17) is 5.11 Å². The maximum Gasteiger partial charge on any atom is 0.377 e. The molecule has 1 rings (SSSR count). The van der Waals surface area contributed by atoms with Crippen LogP contribution in [0.25, 0.3) is 0 Å². The largest absolute Gasteiger partial charge is 0.475 e. The lowest BCUT2D eigenvalue weighted by Gasteiger charge is -2.15. The van der Waals surface area contributed by atoms with Gasteiger partial charge in [-0.25, -0.2) is 9.18 Å². The summed E-state index contributed by atoms with van der Waals surface area (Å²) in [6, 6.07) is 6.18. The number of carbonyl (C=O) groups is 2. The van der Waals surface area contributed by atoms with Gasteiger partial charge in [0.25, 0.3) is 5.78 Å². The molecule has 1 aromatic rings. The number of carboxylic acids is 1. The summed E-state index contributed by atoms with van der Waals surface area (Å²) in [6.07, 6.45) is 0.0161. The molecular weight excluding hydrogens is 211 g/mol. The van der Waals surface area contributed by atoms with E-state index in [1.165, 1.54) is 19.9 Å². The third-order valence-corrected chi connectivity index (χ3v) is 2.07. The first kappa shape index (κ1) is 12.4. The zero-order valence-corrected chi connectivity index (χ0v) is 9.16. The van der Waals surface area contributed by atoms with Crippen LogP contribution >= 0.6 is 0 Å². The van der Waals surface area contributed by atoms with Crippen LogP contribution in [0.2, 0.25) is 0 Å². The van der Waals surface area contributed by atoms with E-state index in [1.807, 2.05) is 0 Å². The highest BCUT2D eigenvalue weighted by atomic mass is 19.1. The Morgan fingerprint density at radius 3 is 2.38 bits per heavy atom. The molecule has 3 nitrogen and oxygen atoms in total. The van der Waals surface area contributed by atoms with Gasteiger partial charge in [0.15, 0.2) is 0 Å². The van der Waals surface area contributed by atoms with E-state index >= 15 is 0 Å². The Morgan fingerprint density at radius 2 is 1.88 bits per heavy atom. The first-order valence-corrected chi connectivity index (χ1v) is 4.86. The molecule has 1 aromatic carbocycles. The Kier molecular flexibility index (Phi) is 3.42. The van der Waals surface area contributed by atoms with Crippen molar-refractivity contribution in [3.8, 4) is 0 Å². The van der Waals surface area contributed by atoms with E-state index in [0.717, 1.165) is 0 Å². The van der Waals surface area contributed by atoms with Crippen molar-refractivity contribution < 1.29 is 19.1 Å². The number of carboxylic acid groups (broad SMARTS) is 1. The van der Waals surface area contributed by atoms with E-state index in [0.29, 0.717) is 5.56 Å². The van der Waals surface area contributed by atoms with Crippen molar-refractivity contribution in [3.05, 3.63) is 35.4 Å². The molecule has 0 saturated carbocycles. The number of carbonyl (C=O) groups excluding carboxylic acids is 1. The van der Waals surface area contributed by atoms with E-state index < -0.39 is 17.4 Å². The maximum atomic E-state index is 13.5. The van der Waals surface area contributed by atoms with Crippen molar-refractivity contribution in [1.29, 1.82) is 0 Å². The Hall–Kier alpha value is -1.71. The lowest BCUT2D eigenvalue weighted by molar-refractivity contribution is -0.131. The number of alkyl halides is 1. The molecular formula is C12H13FO3. The number of rotatable bonds is 4. The lowest BCUT2D eigenvalue weighted by atomic mass is 9.94. The zero-order valence-electron chi connectivity index (χ0n) is 9.16. The number of Topliss-reactive ketones (excluding diaryl/α,β-unsaturated/α-hetero) is 1. The Morgan fingerprint density at radius 1 is 1.31 bits per heavy atom. The Bertz CT molecular complexity index is 419. The summed E-state index contributed by atoms with van der Waals surface area (Å²) >= 11 is 0. The van der Waals surface area contributed by atoms with Crippen molar-refractivity contribution in [2.45, 2.75) is 25.9 Å². The van der Waals surface area contributed by atoms with Gasteiger partial charge in [-0.05, 0) is 19.4 Å². The quantitative estimate of drug-likeness (QED) is 0.630. The minimum atomic E-state index is -1.52. The first-order valence-electron chi connectivity index (χ1n) is 4.86. The van der Waals surface area contributed by atoms with Crippen molar-refractivity contribution in [2.75, 3.05) is 0 Å². The summed E-state index contributed by atoms with van der Waals surface area (Å²) < 4.78 is 13.5. The van der Waals surface area contributed by atoms with E-state index in [2.05, 4.69) is 0 Å². The van der Waals surface area contributed by atoms with Crippen molar-refractivity contribution in [1.82, 2.24) is 0 Å². The van der Waals surface area contributed by atoms with Gasteiger partial charge in [0.05, 0.1) is 0 Å². The Labute approximate surface area is 92.9 Å². The molecule has 16 heavy (non-hydrogen) atoms. The van der Waals surface area contributed by atoms with Gasteiger partial charge in [-0.1, -0.05) is 24.3 Å². The summed E-state index contributed by atoms with van der Waals surface area (Å²) in [6.45, 7) is 2.77. The van der Waals surface area contributed by atoms with Gasteiger partial charge in [0, 0.05) is 12.0 Å². The molecule has 4 heteroatoms. The van der Waals surface area contributed by atoms with Gasteiger partial charge in [-0.3, -0.25) is 4.79 Å². The monoisotopic (exact) mass is 224 g/mol. The number of ketones is 1. The topological polar surface area (TPSA) is 54.4 Å². The van der Waals surface area contributed by atoms with Crippen LogP contribution in [0.4, 0.5) is 4.39 Å². The molecule has 0 bridgehead atoms. The summed E-state index contributed by atoms with van der Waals surface area (Å²) in [7, 11) is 0. The summed E-state index contributed by atoms with van der Waals surface area (Å²) in [4.78, 5) is 21.9.